The molecule has 260 valence electrons. The predicted octanol–water partition coefficient (Wildman–Crippen LogP) is 4.61. The summed E-state index contributed by atoms with van der Waals surface area (Å²) in [7, 11) is 0. The van der Waals surface area contributed by atoms with Gasteiger partial charge in [0, 0.05) is 13.1 Å². The van der Waals surface area contributed by atoms with Crippen LogP contribution in [0.1, 0.15) is 50.9 Å². The minimum absolute atomic E-state index is 0.0352. The first-order valence-electron chi connectivity index (χ1n) is 14.0. The largest absolute Gasteiger partial charge is 0.392 e. The van der Waals surface area contributed by atoms with Crippen molar-refractivity contribution in [2.45, 2.75) is 58.3 Å². The number of ether oxygens (including phenoxy) is 1. The third-order valence-electron chi connectivity index (χ3n) is 6.82. The number of halogens is 6. The average Bonchev–Trinajstić information content (AvgIpc) is 2.99. The molecule has 12 nitrogen and oxygen atoms in total. The van der Waals surface area contributed by atoms with Crippen molar-refractivity contribution >= 4 is 11.7 Å². The van der Waals surface area contributed by atoms with Gasteiger partial charge in [-0.1, -0.05) is 20.9 Å². The number of nitrogens with zero attached hydrogens (tertiary/aromatic N) is 4. The van der Waals surface area contributed by atoms with Crippen LogP contribution < -0.4 is 0 Å². The van der Waals surface area contributed by atoms with Crippen LogP contribution in [0, 0.1) is 34.9 Å². The molecule has 0 bridgehead atoms. The Bertz CT molecular complexity index is 1430. The number of hydrogen-bond acceptors (Lipinski definition) is 12. The van der Waals surface area contributed by atoms with E-state index in [-0.39, 0.29) is 42.8 Å². The lowest BCUT2D eigenvalue weighted by Gasteiger charge is -2.43. The quantitative estimate of drug-likeness (QED) is 0.153. The van der Waals surface area contributed by atoms with E-state index in [9.17, 15) is 36.6 Å². The molecule has 0 aromatic heterocycles. The Hall–Kier alpha value is -3.94. The van der Waals surface area contributed by atoms with Crippen LogP contribution in [-0.4, -0.2) is 87.0 Å². The normalized spacial score (nSPS) is 22.5. The molecule has 4 N–H and O–H groups in total. The summed E-state index contributed by atoms with van der Waals surface area (Å²) in [6.07, 6.45) is -0.520. The highest BCUT2D eigenvalue weighted by Crippen LogP contribution is 2.31. The van der Waals surface area contributed by atoms with E-state index >= 15 is 0 Å². The molecule has 1 saturated heterocycles. The van der Waals surface area contributed by atoms with Gasteiger partial charge >= 0.3 is 0 Å². The number of β-amino-alcohol motifs (C(OH)–C–C–N with tert-alkyl or cyclic N) is 1. The fraction of sp³-hybridized carbons (Fsp3) is 0.448. The Balaban J connectivity index is 0.000000236. The van der Waals surface area contributed by atoms with Gasteiger partial charge in [0.1, 0.15) is 13.2 Å². The summed E-state index contributed by atoms with van der Waals surface area (Å²) in [6, 6.07) is 2.55. The number of hydrogen-bond donors (Lipinski definition) is 4. The van der Waals surface area contributed by atoms with Crippen molar-refractivity contribution in [2.24, 2.45) is 10.3 Å². The number of amidine groups is 2. The molecule has 2 aromatic carbocycles. The Labute approximate surface area is 265 Å². The molecule has 3 aliphatic heterocycles. The van der Waals surface area contributed by atoms with Gasteiger partial charge in [0.2, 0.25) is 12.1 Å². The van der Waals surface area contributed by atoms with Crippen molar-refractivity contribution < 1.29 is 66.5 Å². The maximum Gasteiger partial charge on any atom is 0.218 e. The summed E-state index contributed by atoms with van der Waals surface area (Å²) < 4.78 is 85.3. The third-order valence-corrected chi connectivity index (χ3v) is 6.82. The molecule has 1 fully saturated rings. The summed E-state index contributed by atoms with van der Waals surface area (Å²) >= 11 is 0. The second kappa shape index (κ2) is 16.8. The standard InChI is InChI=1S/C16H19F3N2O2.C13H13F3N2O3.H2O3/c1-9(2)4-15-20-23-8-14(21(15)7-10(3)22)11-5-12(17)16(19)13(18)6-11;1-6-4-18-10(5-20-17-12(18)13(19)21-6)7-2-8(14)11(16)9(15)3-7;1-3-2/h4-6,10,14,22H,7-8H2,1-3H3;2-3,6,10,13,19H,4-5H2,1H3;1-2H. The molecular weight excluding hydrogens is 646 g/mol. The highest BCUT2D eigenvalue weighted by Gasteiger charge is 2.39. The fourth-order valence-electron chi connectivity index (χ4n) is 4.92. The molecule has 0 aliphatic carbocycles. The van der Waals surface area contributed by atoms with Crippen LogP contribution in [-0.2, 0) is 19.5 Å². The van der Waals surface area contributed by atoms with Gasteiger partial charge < -0.3 is 34.4 Å². The monoisotopic (exact) mass is 680 g/mol. The lowest BCUT2D eigenvalue weighted by atomic mass is 10.0. The topological polar surface area (TPSA) is 149 Å². The number of benzene rings is 2. The average molecular weight is 681 g/mol. The van der Waals surface area contributed by atoms with Crippen LogP contribution in [0.25, 0.3) is 0 Å². The first-order valence-corrected chi connectivity index (χ1v) is 14.0. The third kappa shape index (κ3) is 9.55. The van der Waals surface area contributed by atoms with Crippen LogP contribution in [0.15, 0.2) is 46.2 Å². The van der Waals surface area contributed by atoms with Crippen molar-refractivity contribution in [3.63, 3.8) is 0 Å². The smallest absolute Gasteiger partial charge is 0.218 e. The van der Waals surface area contributed by atoms with Crippen molar-refractivity contribution in [1.82, 2.24) is 9.80 Å². The van der Waals surface area contributed by atoms with Crippen LogP contribution >= 0.6 is 0 Å². The molecule has 47 heavy (non-hydrogen) atoms. The van der Waals surface area contributed by atoms with Gasteiger partial charge in [0.15, 0.2) is 40.7 Å². The van der Waals surface area contributed by atoms with Gasteiger partial charge in [-0.15, -0.1) is 0 Å². The van der Waals surface area contributed by atoms with Gasteiger partial charge in [-0.2, -0.15) is 0 Å². The highest BCUT2D eigenvalue weighted by molar-refractivity contribution is 5.93. The van der Waals surface area contributed by atoms with E-state index in [0.717, 1.165) is 29.8 Å². The molecule has 18 heteroatoms. The fourth-order valence-corrected chi connectivity index (χ4v) is 4.92. The molecule has 5 rings (SSSR count). The summed E-state index contributed by atoms with van der Waals surface area (Å²) in [5.41, 5.74) is 1.37. The maximum atomic E-state index is 13.5. The van der Waals surface area contributed by atoms with E-state index in [4.69, 9.17) is 24.9 Å². The summed E-state index contributed by atoms with van der Waals surface area (Å²) in [6.45, 7) is 7.71. The summed E-state index contributed by atoms with van der Waals surface area (Å²) in [4.78, 5) is 13.5. The minimum atomic E-state index is -1.51. The molecule has 5 atom stereocenters. The van der Waals surface area contributed by atoms with Crippen LogP contribution in [0.5, 0.6) is 0 Å². The van der Waals surface area contributed by atoms with E-state index in [1.807, 2.05) is 13.8 Å². The van der Waals surface area contributed by atoms with E-state index < -0.39 is 59.4 Å². The maximum absolute atomic E-state index is 13.5. The number of aliphatic hydroxyl groups is 2. The number of aliphatic hydroxyl groups excluding tert-OH is 2. The lowest BCUT2D eigenvalue weighted by Crippen LogP contribution is -2.54. The van der Waals surface area contributed by atoms with Gasteiger partial charge in [-0.3, -0.25) is 0 Å². The van der Waals surface area contributed by atoms with Crippen LogP contribution in [0.2, 0.25) is 0 Å². The van der Waals surface area contributed by atoms with Gasteiger partial charge in [-0.25, -0.2) is 36.9 Å². The van der Waals surface area contributed by atoms with E-state index in [1.54, 1.807) is 29.7 Å². The Morgan fingerprint density at radius 3 is 1.87 bits per heavy atom. The Kier molecular flexibility index (Phi) is 13.4. The molecule has 3 aliphatic rings. The zero-order valence-electron chi connectivity index (χ0n) is 25.6. The predicted molar refractivity (Wildman–Crippen MR) is 152 cm³/mol. The second-order valence-corrected chi connectivity index (χ2v) is 10.9. The lowest BCUT2D eigenvalue weighted by molar-refractivity contribution is -0.465. The van der Waals surface area contributed by atoms with Crippen molar-refractivity contribution in [2.75, 3.05) is 26.3 Å². The zero-order chi connectivity index (χ0) is 35.0. The number of fused-ring (bicyclic) bond motifs is 1. The molecular formula is C29H34F6N4O8. The summed E-state index contributed by atoms with van der Waals surface area (Å²) in [5.74, 6) is -7.51. The zero-order valence-corrected chi connectivity index (χ0v) is 25.6. The van der Waals surface area contributed by atoms with E-state index in [0.29, 0.717) is 12.4 Å². The van der Waals surface area contributed by atoms with Crippen LogP contribution in [0.3, 0.4) is 0 Å². The van der Waals surface area contributed by atoms with Gasteiger partial charge in [-0.05, 0) is 69.2 Å². The second-order valence-electron chi connectivity index (χ2n) is 10.9. The first kappa shape index (κ1) is 37.5. The molecule has 0 amide bonds. The van der Waals surface area contributed by atoms with Crippen LogP contribution in [0.4, 0.5) is 26.3 Å². The number of morpholine rings is 1. The van der Waals surface area contributed by atoms with Crippen molar-refractivity contribution in [3.8, 4) is 0 Å². The summed E-state index contributed by atoms with van der Waals surface area (Å²) in [5, 5.41) is 42.7. The molecule has 0 radical (unpaired) electrons. The first-order chi connectivity index (χ1) is 22.2. The highest BCUT2D eigenvalue weighted by atomic mass is 19.2. The Morgan fingerprint density at radius 1 is 0.915 bits per heavy atom. The van der Waals surface area contributed by atoms with Crippen molar-refractivity contribution in [1.29, 1.82) is 0 Å². The minimum Gasteiger partial charge on any atom is -0.392 e. The molecule has 3 heterocycles. The number of rotatable bonds is 5. The van der Waals surface area contributed by atoms with Gasteiger partial charge in [0.05, 0.1) is 24.3 Å². The molecule has 0 spiro atoms. The van der Waals surface area contributed by atoms with E-state index in [2.05, 4.69) is 15.3 Å². The Morgan fingerprint density at radius 2 is 1.38 bits per heavy atom. The number of allylic oxidation sites excluding steroid dienone is 1. The SMILES string of the molecule is CC(C)=CC1=NOCC(c2cc(F)c(F)c(F)c2)N1CC(C)O.CC1CN2C(=NOCC2c2cc(F)c(F)c(F)c2)C(O)O1.OOO. The van der Waals surface area contributed by atoms with E-state index in [1.165, 1.54) is 0 Å². The van der Waals surface area contributed by atoms with Gasteiger partial charge in [0.25, 0.3) is 0 Å². The number of oxime groups is 2. The molecule has 5 unspecified atom stereocenters. The molecule has 2 aromatic rings. The van der Waals surface area contributed by atoms with Crippen molar-refractivity contribution in [3.05, 3.63) is 81.9 Å². The molecule has 0 saturated carbocycles.